The van der Waals surface area contributed by atoms with Crippen LogP contribution in [0.4, 0.5) is 0 Å². The molecule has 0 aliphatic carbocycles. The van der Waals surface area contributed by atoms with E-state index in [1.54, 1.807) is 0 Å². The zero-order valence-electron chi connectivity index (χ0n) is 8.74. The molecule has 1 atom stereocenters. The van der Waals surface area contributed by atoms with Gasteiger partial charge in [-0.15, -0.1) is 0 Å². The van der Waals surface area contributed by atoms with Crippen molar-refractivity contribution in [1.29, 1.82) is 0 Å². The summed E-state index contributed by atoms with van der Waals surface area (Å²) in [7, 11) is 0. The van der Waals surface area contributed by atoms with Crippen molar-refractivity contribution in [3.05, 3.63) is 33.4 Å². The summed E-state index contributed by atoms with van der Waals surface area (Å²) in [6.45, 7) is 3.03. The first-order valence-electron chi connectivity index (χ1n) is 5.25. The Balaban J connectivity index is 2.20. The van der Waals surface area contributed by atoms with Crippen LogP contribution in [0.3, 0.4) is 0 Å². The van der Waals surface area contributed by atoms with Crippen molar-refractivity contribution in [2.75, 3.05) is 6.54 Å². The first-order chi connectivity index (χ1) is 7.18. The summed E-state index contributed by atoms with van der Waals surface area (Å²) < 4.78 is 1.12. The van der Waals surface area contributed by atoms with Crippen molar-refractivity contribution >= 4 is 28.5 Å². The maximum absolute atomic E-state index is 12.1. The number of carbonyl (C=O) groups excluding carboxylic acids is 1. The van der Waals surface area contributed by atoms with Gasteiger partial charge in [-0.3, -0.25) is 4.79 Å². The van der Waals surface area contributed by atoms with Gasteiger partial charge in [-0.25, -0.2) is 0 Å². The number of hydrogen-bond acceptors (Lipinski definition) is 1. The highest BCUT2D eigenvalue weighted by atomic mass is 127. The van der Waals surface area contributed by atoms with Crippen molar-refractivity contribution in [3.8, 4) is 0 Å². The molecule has 0 spiro atoms. The third-order valence-electron chi connectivity index (χ3n) is 2.89. The summed E-state index contributed by atoms with van der Waals surface area (Å²) in [6, 6.07) is 8.19. The van der Waals surface area contributed by atoms with Gasteiger partial charge < -0.3 is 4.90 Å². The van der Waals surface area contributed by atoms with E-state index in [9.17, 15) is 4.79 Å². The van der Waals surface area contributed by atoms with Crippen LogP contribution >= 0.6 is 22.6 Å². The quantitative estimate of drug-likeness (QED) is 0.730. The van der Waals surface area contributed by atoms with Crippen LogP contribution in [-0.4, -0.2) is 23.4 Å². The van der Waals surface area contributed by atoms with Crippen LogP contribution in [0.1, 0.15) is 30.1 Å². The Bertz CT molecular complexity index is 378. The van der Waals surface area contributed by atoms with Crippen LogP contribution in [0, 0.1) is 3.57 Å². The Kier molecular flexibility index (Phi) is 3.29. The number of rotatable bonds is 1. The van der Waals surface area contributed by atoms with Crippen LogP contribution in [0.5, 0.6) is 0 Å². The first-order valence-corrected chi connectivity index (χ1v) is 6.33. The SMILES string of the molecule is C[C@@H]1CCCN1C(=O)c1cccc(I)c1. The van der Waals surface area contributed by atoms with Crippen molar-refractivity contribution in [2.45, 2.75) is 25.8 Å². The van der Waals surface area contributed by atoms with E-state index in [1.807, 2.05) is 29.2 Å². The number of likely N-dealkylation sites (tertiary alicyclic amines) is 1. The number of nitrogens with zero attached hydrogens (tertiary/aromatic N) is 1. The predicted octanol–water partition coefficient (Wildman–Crippen LogP) is 2.92. The van der Waals surface area contributed by atoms with E-state index in [-0.39, 0.29) is 5.91 Å². The molecular formula is C12H14INO. The smallest absolute Gasteiger partial charge is 0.254 e. The molecule has 80 valence electrons. The van der Waals surface area contributed by atoms with Gasteiger partial charge in [-0.2, -0.15) is 0 Å². The molecule has 0 aromatic heterocycles. The van der Waals surface area contributed by atoms with Gasteiger partial charge in [0, 0.05) is 21.7 Å². The molecule has 1 heterocycles. The molecule has 0 saturated carbocycles. The molecule has 0 N–H and O–H groups in total. The van der Waals surface area contributed by atoms with E-state index in [0.29, 0.717) is 6.04 Å². The van der Waals surface area contributed by atoms with Crippen LogP contribution in [0.15, 0.2) is 24.3 Å². The second kappa shape index (κ2) is 4.51. The van der Waals surface area contributed by atoms with Crippen LogP contribution in [-0.2, 0) is 0 Å². The molecule has 1 amide bonds. The normalized spacial score (nSPS) is 20.7. The van der Waals surface area contributed by atoms with Crippen molar-refractivity contribution in [3.63, 3.8) is 0 Å². The maximum Gasteiger partial charge on any atom is 0.254 e. The summed E-state index contributed by atoms with van der Waals surface area (Å²) in [4.78, 5) is 14.1. The van der Waals surface area contributed by atoms with Gasteiger partial charge in [0.1, 0.15) is 0 Å². The molecule has 0 bridgehead atoms. The molecule has 15 heavy (non-hydrogen) atoms. The second-order valence-electron chi connectivity index (χ2n) is 4.00. The lowest BCUT2D eigenvalue weighted by molar-refractivity contribution is 0.0747. The molecule has 2 nitrogen and oxygen atoms in total. The van der Waals surface area contributed by atoms with E-state index in [1.165, 1.54) is 0 Å². The Morgan fingerprint density at radius 2 is 2.33 bits per heavy atom. The average molecular weight is 315 g/mol. The Morgan fingerprint density at radius 3 is 2.93 bits per heavy atom. The molecule has 3 heteroatoms. The fraction of sp³-hybridized carbons (Fsp3) is 0.417. The van der Waals surface area contributed by atoms with E-state index >= 15 is 0 Å². The molecule has 1 fully saturated rings. The minimum atomic E-state index is 0.179. The molecule has 0 radical (unpaired) electrons. The largest absolute Gasteiger partial charge is 0.336 e. The molecule has 0 unspecified atom stereocenters. The third kappa shape index (κ3) is 2.33. The monoisotopic (exact) mass is 315 g/mol. The predicted molar refractivity (Wildman–Crippen MR) is 68.9 cm³/mol. The van der Waals surface area contributed by atoms with E-state index in [0.717, 1.165) is 28.5 Å². The zero-order chi connectivity index (χ0) is 10.8. The summed E-state index contributed by atoms with van der Waals surface area (Å²) in [6.07, 6.45) is 2.27. The van der Waals surface area contributed by atoms with Gasteiger partial charge >= 0.3 is 0 Å². The zero-order valence-corrected chi connectivity index (χ0v) is 10.9. The van der Waals surface area contributed by atoms with Gasteiger partial charge in [0.25, 0.3) is 5.91 Å². The highest BCUT2D eigenvalue weighted by Crippen LogP contribution is 2.20. The van der Waals surface area contributed by atoms with Gasteiger partial charge in [-0.1, -0.05) is 6.07 Å². The van der Waals surface area contributed by atoms with Crippen LogP contribution in [0.25, 0.3) is 0 Å². The van der Waals surface area contributed by atoms with E-state index in [2.05, 4.69) is 29.5 Å². The standard InChI is InChI=1S/C12H14INO/c1-9-4-3-7-14(9)12(15)10-5-2-6-11(13)8-10/h2,5-6,8-9H,3-4,7H2,1H3/t9-/m1/s1. The number of hydrogen-bond donors (Lipinski definition) is 0. The molecule has 1 aliphatic heterocycles. The summed E-state index contributed by atoms with van der Waals surface area (Å²) in [5.74, 6) is 0.179. The number of carbonyl (C=O) groups is 1. The molecule has 2 rings (SSSR count). The fourth-order valence-corrected chi connectivity index (χ4v) is 2.57. The van der Waals surface area contributed by atoms with E-state index in [4.69, 9.17) is 0 Å². The molecule has 1 aliphatic rings. The summed E-state index contributed by atoms with van der Waals surface area (Å²) in [5.41, 5.74) is 0.815. The topological polar surface area (TPSA) is 20.3 Å². The van der Waals surface area contributed by atoms with Crippen molar-refractivity contribution in [2.24, 2.45) is 0 Å². The Labute approximate surface area is 104 Å². The average Bonchev–Trinajstić information content (AvgIpc) is 2.63. The lowest BCUT2D eigenvalue weighted by Crippen LogP contribution is -2.33. The molecule has 1 aromatic rings. The Hall–Kier alpha value is -0.580. The number of halogens is 1. The molecule has 1 aromatic carbocycles. The number of benzene rings is 1. The lowest BCUT2D eigenvalue weighted by Gasteiger charge is -2.21. The minimum absolute atomic E-state index is 0.179. The van der Waals surface area contributed by atoms with Crippen molar-refractivity contribution in [1.82, 2.24) is 4.90 Å². The second-order valence-corrected chi connectivity index (χ2v) is 5.25. The van der Waals surface area contributed by atoms with Crippen molar-refractivity contribution < 1.29 is 4.79 Å². The minimum Gasteiger partial charge on any atom is -0.336 e. The summed E-state index contributed by atoms with van der Waals surface area (Å²) in [5, 5.41) is 0. The number of amides is 1. The first kappa shape index (κ1) is 10.9. The van der Waals surface area contributed by atoms with Crippen LogP contribution < -0.4 is 0 Å². The van der Waals surface area contributed by atoms with Gasteiger partial charge in [0.2, 0.25) is 0 Å². The highest BCUT2D eigenvalue weighted by molar-refractivity contribution is 14.1. The lowest BCUT2D eigenvalue weighted by atomic mass is 10.2. The van der Waals surface area contributed by atoms with Gasteiger partial charge in [0.15, 0.2) is 0 Å². The molecule has 1 saturated heterocycles. The van der Waals surface area contributed by atoms with E-state index < -0.39 is 0 Å². The summed E-state index contributed by atoms with van der Waals surface area (Å²) >= 11 is 2.24. The van der Waals surface area contributed by atoms with Crippen LogP contribution in [0.2, 0.25) is 0 Å². The van der Waals surface area contributed by atoms with Gasteiger partial charge in [-0.05, 0) is 60.6 Å². The third-order valence-corrected chi connectivity index (χ3v) is 3.56. The maximum atomic E-state index is 12.1. The Morgan fingerprint density at radius 1 is 1.53 bits per heavy atom. The van der Waals surface area contributed by atoms with Gasteiger partial charge in [0.05, 0.1) is 0 Å². The fourth-order valence-electron chi connectivity index (χ4n) is 2.02. The molecular weight excluding hydrogens is 301 g/mol. The highest BCUT2D eigenvalue weighted by Gasteiger charge is 2.25.